The van der Waals surface area contributed by atoms with Crippen molar-refractivity contribution in [1.82, 2.24) is 10.6 Å². The molecular weight excluding hydrogens is 172 g/mol. The molecule has 2 atom stereocenters. The molecular formula is C12H26N2. The van der Waals surface area contributed by atoms with E-state index in [4.69, 9.17) is 0 Å². The average Bonchev–Trinajstić information content (AvgIpc) is 2.31. The zero-order chi connectivity index (χ0) is 10.4. The van der Waals surface area contributed by atoms with Gasteiger partial charge in [0.2, 0.25) is 0 Å². The molecule has 0 saturated carbocycles. The normalized spacial score (nSPS) is 26.1. The van der Waals surface area contributed by atoms with Crippen LogP contribution in [0.2, 0.25) is 0 Å². The molecule has 1 aliphatic heterocycles. The van der Waals surface area contributed by atoms with Crippen molar-refractivity contribution in [1.29, 1.82) is 0 Å². The van der Waals surface area contributed by atoms with Gasteiger partial charge in [-0.15, -0.1) is 0 Å². The Bertz CT molecular complexity index is 137. The number of hydrogen-bond acceptors (Lipinski definition) is 2. The summed E-state index contributed by atoms with van der Waals surface area (Å²) in [5.74, 6) is 0.807. The summed E-state index contributed by atoms with van der Waals surface area (Å²) in [5, 5.41) is 7.20. The fourth-order valence-electron chi connectivity index (χ4n) is 2.36. The van der Waals surface area contributed by atoms with Gasteiger partial charge in [-0.05, 0) is 51.6 Å². The largest absolute Gasteiger partial charge is 0.317 e. The lowest BCUT2D eigenvalue weighted by molar-refractivity contribution is 0.370. The second-order valence-electron chi connectivity index (χ2n) is 5.08. The van der Waals surface area contributed by atoms with Gasteiger partial charge in [-0.2, -0.15) is 0 Å². The van der Waals surface area contributed by atoms with Crippen molar-refractivity contribution in [2.45, 2.75) is 58.5 Å². The van der Waals surface area contributed by atoms with Crippen LogP contribution in [0.1, 0.15) is 46.5 Å². The minimum Gasteiger partial charge on any atom is -0.317 e. The van der Waals surface area contributed by atoms with Gasteiger partial charge >= 0.3 is 0 Å². The lowest BCUT2D eigenvalue weighted by atomic mass is 10.0. The van der Waals surface area contributed by atoms with E-state index in [2.05, 4.69) is 31.4 Å². The highest BCUT2D eigenvalue weighted by Crippen LogP contribution is 2.09. The average molecular weight is 198 g/mol. The summed E-state index contributed by atoms with van der Waals surface area (Å²) in [6.45, 7) is 9.31. The minimum atomic E-state index is 0.679. The monoisotopic (exact) mass is 198 g/mol. The molecule has 2 unspecified atom stereocenters. The molecule has 0 aromatic carbocycles. The molecule has 0 aromatic heterocycles. The van der Waals surface area contributed by atoms with E-state index in [0.29, 0.717) is 6.04 Å². The summed E-state index contributed by atoms with van der Waals surface area (Å²) in [7, 11) is 0. The maximum absolute atomic E-state index is 3.75. The number of nitrogens with one attached hydrogen (secondary N) is 2. The van der Waals surface area contributed by atoms with Gasteiger partial charge in [0.25, 0.3) is 0 Å². The third-order valence-electron chi connectivity index (χ3n) is 2.92. The van der Waals surface area contributed by atoms with Crippen LogP contribution in [0.4, 0.5) is 0 Å². The second-order valence-corrected chi connectivity index (χ2v) is 5.08. The predicted octanol–water partition coefficient (Wildman–Crippen LogP) is 2.15. The van der Waals surface area contributed by atoms with Crippen molar-refractivity contribution < 1.29 is 0 Å². The van der Waals surface area contributed by atoms with E-state index in [1.54, 1.807) is 0 Å². The first-order chi connectivity index (χ1) is 6.68. The summed E-state index contributed by atoms with van der Waals surface area (Å²) in [6, 6.07) is 1.43. The molecule has 0 radical (unpaired) electrons. The molecule has 2 heteroatoms. The molecule has 2 N–H and O–H groups in total. The highest BCUT2D eigenvalue weighted by molar-refractivity contribution is 4.76. The molecule has 1 heterocycles. The number of hydrogen-bond donors (Lipinski definition) is 2. The van der Waals surface area contributed by atoms with Gasteiger partial charge in [0, 0.05) is 12.1 Å². The standard InChI is InChI=1S/C12H26N2/c1-10(2)9-11(3)14-12-5-4-7-13-8-6-12/h10-14H,4-9H2,1-3H3. The molecule has 1 saturated heterocycles. The lowest BCUT2D eigenvalue weighted by Gasteiger charge is -2.23. The van der Waals surface area contributed by atoms with Crippen molar-refractivity contribution in [3.63, 3.8) is 0 Å². The molecule has 14 heavy (non-hydrogen) atoms. The Morgan fingerprint density at radius 1 is 1.21 bits per heavy atom. The van der Waals surface area contributed by atoms with Crippen LogP contribution in [0.15, 0.2) is 0 Å². The highest BCUT2D eigenvalue weighted by atomic mass is 15.0. The summed E-state index contributed by atoms with van der Waals surface area (Å²) in [4.78, 5) is 0. The maximum atomic E-state index is 3.75. The first-order valence-electron chi connectivity index (χ1n) is 6.15. The van der Waals surface area contributed by atoms with Crippen LogP contribution in [0.3, 0.4) is 0 Å². The molecule has 1 fully saturated rings. The van der Waals surface area contributed by atoms with Crippen LogP contribution in [0.25, 0.3) is 0 Å². The van der Waals surface area contributed by atoms with Gasteiger partial charge < -0.3 is 10.6 Å². The van der Waals surface area contributed by atoms with E-state index in [0.717, 1.165) is 12.0 Å². The zero-order valence-corrected chi connectivity index (χ0v) is 9.97. The fraction of sp³-hybridized carbons (Fsp3) is 1.00. The molecule has 0 bridgehead atoms. The number of rotatable bonds is 4. The summed E-state index contributed by atoms with van der Waals surface area (Å²) < 4.78 is 0. The second kappa shape index (κ2) is 6.41. The van der Waals surface area contributed by atoms with Gasteiger partial charge in [-0.1, -0.05) is 13.8 Å². The molecule has 1 aliphatic rings. The third-order valence-corrected chi connectivity index (χ3v) is 2.92. The summed E-state index contributed by atoms with van der Waals surface area (Å²) in [6.07, 6.45) is 5.26. The summed E-state index contributed by atoms with van der Waals surface area (Å²) >= 11 is 0. The molecule has 0 aliphatic carbocycles. The Kier molecular flexibility index (Phi) is 5.49. The molecule has 84 valence electrons. The van der Waals surface area contributed by atoms with Crippen LogP contribution in [0, 0.1) is 5.92 Å². The fourth-order valence-corrected chi connectivity index (χ4v) is 2.36. The van der Waals surface area contributed by atoms with Crippen LogP contribution in [-0.2, 0) is 0 Å². The van der Waals surface area contributed by atoms with Gasteiger partial charge in [0.15, 0.2) is 0 Å². The van der Waals surface area contributed by atoms with Crippen molar-refractivity contribution in [2.24, 2.45) is 5.92 Å². The Morgan fingerprint density at radius 3 is 2.71 bits per heavy atom. The van der Waals surface area contributed by atoms with Crippen LogP contribution in [-0.4, -0.2) is 25.2 Å². The third kappa shape index (κ3) is 4.97. The smallest absolute Gasteiger partial charge is 0.00820 e. The van der Waals surface area contributed by atoms with Crippen molar-refractivity contribution in [3.8, 4) is 0 Å². The highest BCUT2D eigenvalue weighted by Gasteiger charge is 2.14. The first kappa shape index (κ1) is 12.0. The van der Waals surface area contributed by atoms with Crippen LogP contribution in [0.5, 0.6) is 0 Å². The quantitative estimate of drug-likeness (QED) is 0.723. The van der Waals surface area contributed by atoms with Crippen molar-refractivity contribution in [2.75, 3.05) is 13.1 Å². The zero-order valence-electron chi connectivity index (χ0n) is 9.97. The maximum Gasteiger partial charge on any atom is 0.00820 e. The molecule has 0 aromatic rings. The van der Waals surface area contributed by atoms with Gasteiger partial charge in [-0.3, -0.25) is 0 Å². The van der Waals surface area contributed by atoms with E-state index in [-0.39, 0.29) is 0 Å². The van der Waals surface area contributed by atoms with Gasteiger partial charge in [-0.25, -0.2) is 0 Å². The predicted molar refractivity (Wildman–Crippen MR) is 62.6 cm³/mol. The van der Waals surface area contributed by atoms with Crippen LogP contribution < -0.4 is 10.6 Å². The summed E-state index contributed by atoms with van der Waals surface area (Å²) in [5.41, 5.74) is 0. The topological polar surface area (TPSA) is 24.1 Å². The van der Waals surface area contributed by atoms with E-state index in [1.165, 1.54) is 38.8 Å². The molecule has 0 amide bonds. The van der Waals surface area contributed by atoms with Gasteiger partial charge in [0.1, 0.15) is 0 Å². The Hall–Kier alpha value is -0.0800. The lowest BCUT2D eigenvalue weighted by Crippen LogP contribution is -2.37. The van der Waals surface area contributed by atoms with Crippen LogP contribution >= 0.6 is 0 Å². The Morgan fingerprint density at radius 2 is 2.00 bits per heavy atom. The van der Waals surface area contributed by atoms with Crippen molar-refractivity contribution in [3.05, 3.63) is 0 Å². The van der Waals surface area contributed by atoms with E-state index >= 15 is 0 Å². The minimum absolute atomic E-state index is 0.679. The van der Waals surface area contributed by atoms with E-state index in [1.807, 2.05) is 0 Å². The Labute approximate surface area is 88.8 Å². The Balaban J connectivity index is 2.20. The molecule has 0 spiro atoms. The molecule has 2 nitrogen and oxygen atoms in total. The van der Waals surface area contributed by atoms with Crippen molar-refractivity contribution >= 4 is 0 Å². The first-order valence-corrected chi connectivity index (χ1v) is 6.15. The molecule has 1 rings (SSSR count). The van der Waals surface area contributed by atoms with E-state index in [9.17, 15) is 0 Å². The van der Waals surface area contributed by atoms with E-state index < -0.39 is 0 Å². The van der Waals surface area contributed by atoms with Gasteiger partial charge in [0.05, 0.1) is 0 Å². The SMILES string of the molecule is CC(C)CC(C)NC1CCCNCC1.